The second kappa shape index (κ2) is 8.99. The fraction of sp³-hybridized carbons (Fsp3) is 0.263. The summed E-state index contributed by atoms with van der Waals surface area (Å²) < 4.78 is 38.1. The third kappa shape index (κ3) is 5.04. The molecular formula is C19H22O4S2. The number of benzene rings is 2. The smallest absolute Gasteiger partial charge is 0.272 e. The summed E-state index contributed by atoms with van der Waals surface area (Å²) >= 11 is 1.71. The molecule has 2 aromatic carbocycles. The number of hydrogen-bond acceptors (Lipinski definition) is 4. The fourth-order valence-electron chi connectivity index (χ4n) is 2.71. The van der Waals surface area contributed by atoms with Gasteiger partial charge in [0, 0.05) is 5.39 Å². The lowest BCUT2D eigenvalue weighted by Gasteiger charge is -2.17. The minimum absolute atomic E-state index is 0.384. The van der Waals surface area contributed by atoms with E-state index in [4.69, 9.17) is 4.74 Å². The van der Waals surface area contributed by atoms with Crippen LogP contribution in [0.25, 0.3) is 10.8 Å². The average Bonchev–Trinajstić information content (AvgIpc) is 3.18. The second-order valence-corrected chi connectivity index (χ2v) is 7.90. The molecule has 0 aliphatic carbocycles. The van der Waals surface area contributed by atoms with Crippen molar-refractivity contribution in [3.8, 4) is 5.75 Å². The molecule has 0 saturated carbocycles. The van der Waals surface area contributed by atoms with E-state index < -0.39 is 15.4 Å². The number of thiophene rings is 1. The number of methoxy groups -OCH3 is 1. The molecule has 6 heteroatoms. The average molecular weight is 379 g/mol. The van der Waals surface area contributed by atoms with E-state index in [9.17, 15) is 13.0 Å². The van der Waals surface area contributed by atoms with E-state index in [1.807, 2.05) is 54.1 Å². The van der Waals surface area contributed by atoms with Crippen LogP contribution >= 0.6 is 11.3 Å². The molecule has 1 N–H and O–H groups in total. The molecule has 134 valence electrons. The molecule has 25 heavy (non-hydrogen) atoms. The Hall–Kier alpha value is -1.89. The highest BCUT2D eigenvalue weighted by atomic mass is 32.2. The van der Waals surface area contributed by atoms with Crippen LogP contribution in [-0.2, 0) is 10.1 Å². The van der Waals surface area contributed by atoms with Crippen molar-refractivity contribution >= 4 is 32.2 Å². The van der Waals surface area contributed by atoms with Gasteiger partial charge in [-0.3, -0.25) is 4.55 Å². The van der Waals surface area contributed by atoms with Gasteiger partial charge in [0.05, 0.1) is 7.11 Å². The van der Waals surface area contributed by atoms with Crippen LogP contribution in [-0.4, -0.2) is 20.1 Å². The summed E-state index contributed by atoms with van der Waals surface area (Å²) in [6, 6.07) is 14.9. The minimum atomic E-state index is -4.13. The maximum atomic E-state index is 11.6. The molecule has 3 aromatic rings. The summed E-state index contributed by atoms with van der Waals surface area (Å²) in [5, 5.41) is 4.82. The first-order valence-electron chi connectivity index (χ1n) is 7.98. The highest BCUT2D eigenvalue weighted by Gasteiger charge is 2.26. The molecule has 1 atom stereocenters. The van der Waals surface area contributed by atoms with Crippen LogP contribution in [0.3, 0.4) is 0 Å². The molecule has 0 amide bonds. The zero-order valence-corrected chi connectivity index (χ0v) is 15.9. The maximum Gasteiger partial charge on any atom is 0.272 e. The van der Waals surface area contributed by atoms with Crippen LogP contribution in [0.1, 0.15) is 30.6 Å². The van der Waals surface area contributed by atoms with Crippen LogP contribution in [0, 0.1) is 0 Å². The molecule has 0 spiro atoms. The molecule has 0 aliphatic heterocycles. The molecule has 4 nitrogen and oxygen atoms in total. The highest BCUT2D eigenvalue weighted by molar-refractivity contribution is 7.86. The van der Waals surface area contributed by atoms with Gasteiger partial charge in [-0.05, 0) is 34.2 Å². The Kier molecular flexibility index (Phi) is 6.99. The Bertz CT molecular complexity index is 870. The summed E-state index contributed by atoms with van der Waals surface area (Å²) in [6.07, 6.45) is 1.06. The van der Waals surface area contributed by atoms with Gasteiger partial charge >= 0.3 is 0 Å². The first-order chi connectivity index (χ1) is 12.0. The number of fused-ring (bicyclic) bond motifs is 1. The van der Waals surface area contributed by atoms with Gasteiger partial charge in [-0.1, -0.05) is 55.8 Å². The fourth-order valence-corrected chi connectivity index (χ4v) is 4.22. The number of hydrogen-bond donors (Lipinski definition) is 1. The maximum absolute atomic E-state index is 11.6. The highest BCUT2D eigenvalue weighted by Crippen LogP contribution is 2.36. The van der Waals surface area contributed by atoms with Gasteiger partial charge in [0.25, 0.3) is 10.1 Å². The van der Waals surface area contributed by atoms with Crippen LogP contribution < -0.4 is 4.74 Å². The second-order valence-electron chi connectivity index (χ2n) is 5.49. The molecule has 0 aliphatic rings. The quantitative estimate of drug-likeness (QED) is 0.610. The van der Waals surface area contributed by atoms with Crippen molar-refractivity contribution in [1.29, 1.82) is 0 Å². The monoisotopic (exact) mass is 378 g/mol. The summed E-state index contributed by atoms with van der Waals surface area (Å²) in [4.78, 5) is 0. The Balaban J connectivity index is 0.000000386. The molecule has 3 rings (SSSR count). The number of rotatable bonds is 5. The summed E-state index contributed by atoms with van der Waals surface area (Å²) in [6.45, 7) is 1.89. The van der Waals surface area contributed by atoms with Crippen molar-refractivity contribution < 1.29 is 17.7 Å². The van der Waals surface area contributed by atoms with Crippen LogP contribution in [0.2, 0.25) is 0 Å². The van der Waals surface area contributed by atoms with Gasteiger partial charge in [-0.25, -0.2) is 0 Å². The minimum Gasteiger partial charge on any atom is -0.496 e. The van der Waals surface area contributed by atoms with E-state index >= 15 is 0 Å². The van der Waals surface area contributed by atoms with Gasteiger partial charge in [0.15, 0.2) is 0 Å². The molecule has 1 unspecified atom stereocenters. The first-order valence-corrected chi connectivity index (χ1v) is 10.4. The summed E-state index contributed by atoms with van der Waals surface area (Å²) in [5.41, 5.74) is 0.616. The van der Waals surface area contributed by atoms with Gasteiger partial charge in [0.1, 0.15) is 11.0 Å². The standard InChI is InChI=1S/C15H18O4S.C4H4S/c1-3-6-15(20(16,17)18)13-9-10-14(19-2)12-8-5-4-7-11(12)13;1-2-4-5-3-1/h4-5,7-10,15H,3,6H2,1-2H3,(H,16,17,18);1-4H. The Morgan fingerprint density at radius 2 is 1.68 bits per heavy atom. The molecule has 1 aromatic heterocycles. The summed E-state index contributed by atoms with van der Waals surface area (Å²) in [7, 11) is -2.55. The lowest BCUT2D eigenvalue weighted by atomic mass is 9.99. The first kappa shape index (κ1) is 19.4. The molecule has 0 bridgehead atoms. The van der Waals surface area contributed by atoms with Crippen molar-refractivity contribution in [3.63, 3.8) is 0 Å². The molecule has 1 heterocycles. The predicted molar refractivity (Wildman–Crippen MR) is 104 cm³/mol. The van der Waals surface area contributed by atoms with Crippen molar-refractivity contribution in [2.75, 3.05) is 7.11 Å². The zero-order chi connectivity index (χ0) is 18.3. The van der Waals surface area contributed by atoms with Gasteiger partial charge in [0.2, 0.25) is 0 Å². The van der Waals surface area contributed by atoms with E-state index in [1.165, 1.54) is 0 Å². The lowest BCUT2D eigenvalue weighted by Crippen LogP contribution is -2.12. The van der Waals surface area contributed by atoms with Crippen LogP contribution in [0.5, 0.6) is 5.75 Å². The van der Waals surface area contributed by atoms with Crippen molar-refractivity contribution in [2.45, 2.75) is 25.0 Å². The van der Waals surface area contributed by atoms with Crippen molar-refractivity contribution in [2.24, 2.45) is 0 Å². The van der Waals surface area contributed by atoms with E-state index in [-0.39, 0.29) is 0 Å². The molecule has 0 radical (unpaired) electrons. The van der Waals surface area contributed by atoms with Crippen LogP contribution in [0.15, 0.2) is 59.3 Å². The van der Waals surface area contributed by atoms with E-state index in [0.29, 0.717) is 24.2 Å². The predicted octanol–water partition coefficient (Wildman–Crippen LogP) is 5.33. The van der Waals surface area contributed by atoms with Crippen LogP contribution in [0.4, 0.5) is 0 Å². The molecular weight excluding hydrogens is 356 g/mol. The van der Waals surface area contributed by atoms with Gasteiger partial charge in [-0.15, -0.1) is 0 Å². The van der Waals surface area contributed by atoms with E-state index in [2.05, 4.69) is 0 Å². The van der Waals surface area contributed by atoms with Gasteiger partial charge in [-0.2, -0.15) is 19.8 Å². The molecule has 0 fully saturated rings. The van der Waals surface area contributed by atoms with Gasteiger partial charge < -0.3 is 4.74 Å². The largest absolute Gasteiger partial charge is 0.496 e. The third-order valence-corrected chi connectivity index (χ3v) is 5.66. The SMILES string of the molecule is CCCC(c1ccc(OC)c2ccccc12)S(=O)(=O)O.c1ccsc1. The lowest BCUT2D eigenvalue weighted by molar-refractivity contribution is 0.419. The normalized spacial score (nSPS) is 12.3. The Morgan fingerprint density at radius 3 is 2.16 bits per heavy atom. The van der Waals surface area contributed by atoms with Crippen molar-refractivity contribution in [1.82, 2.24) is 0 Å². The molecule has 0 saturated heterocycles. The Morgan fingerprint density at radius 1 is 1.04 bits per heavy atom. The van der Waals surface area contributed by atoms with E-state index in [0.717, 1.165) is 10.8 Å². The zero-order valence-electron chi connectivity index (χ0n) is 14.3. The van der Waals surface area contributed by atoms with E-state index in [1.54, 1.807) is 30.6 Å². The third-order valence-electron chi connectivity index (χ3n) is 3.82. The topological polar surface area (TPSA) is 63.6 Å². The summed E-state index contributed by atoms with van der Waals surface area (Å²) in [5.74, 6) is 0.690. The Labute approximate surface area is 152 Å². The van der Waals surface area contributed by atoms with Crippen molar-refractivity contribution in [3.05, 3.63) is 64.9 Å². The number of ether oxygens (including phenoxy) is 1.